The molecule has 0 aliphatic carbocycles. The van der Waals surface area contributed by atoms with Gasteiger partial charge in [0.15, 0.2) is 5.82 Å². The van der Waals surface area contributed by atoms with Crippen molar-refractivity contribution in [3.63, 3.8) is 0 Å². The Morgan fingerprint density at radius 2 is 1.86 bits per heavy atom. The summed E-state index contributed by atoms with van der Waals surface area (Å²) in [6.07, 6.45) is 1.11. The minimum Gasteiger partial charge on any atom is -0.307 e. The first kappa shape index (κ1) is 16.1. The van der Waals surface area contributed by atoms with Crippen LogP contribution in [-0.2, 0) is 10.0 Å². The third-order valence-corrected chi connectivity index (χ3v) is 4.90. The van der Waals surface area contributed by atoms with Crippen LogP contribution in [0.2, 0.25) is 15.1 Å². The molecule has 0 radical (unpaired) electrons. The summed E-state index contributed by atoms with van der Waals surface area (Å²) >= 11 is 17.6. The highest BCUT2D eigenvalue weighted by Crippen LogP contribution is 2.31. The van der Waals surface area contributed by atoms with Crippen molar-refractivity contribution < 1.29 is 8.42 Å². The van der Waals surface area contributed by atoms with Crippen LogP contribution in [0.5, 0.6) is 0 Å². The van der Waals surface area contributed by atoms with Crippen LogP contribution in [0.4, 0.5) is 11.5 Å². The van der Waals surface area contributed by atoms with Gasteiger partial charge in [-0.25, -0.2) is 19.2 Å². The van der Waals surface area contributed by atoms with Crippen molar-refractivity contribution in [2.45, 2.75) is 4.90 Å². The molecule has 2 rings (SSSR count). The molecular weight excluding hydrogens is 359 g/mol. The average Bonchev–Trinajstić information content (AvgIpc) is 2.43. The fraction of sp³-hybridized carbons (Fsp3) is 0. The fourth-order valence-corrected chi connectivity index (χ4v) is 3.19. The Kier molecular flexibility index (Phi) is 4.80. The molecule has 21 heavy (non-hydrogen) atoms. The van der Waals surface area contributed by atoms with Gasteiger partial charge in [0.1, 0.15) is 4.90 Å². The van der Waals surface area contributed by atoms with Crippen LogP contribution in [-0.4, -0.2) is 13.4 Å². The van der Waals surface area contributed by atoms with Crippen molar-refractivity contribution in [1.29, 1.82) is 0 Å². The maximum atomic E-state index is 12.3. The smallest absolute Gasteiger partial charge is 0.263 e. The lowest BCUT2D eigenvalue weighted by Crippen LogP contribution is -2.15. The van der Waals surface area contributed by atoms with E-state index in [0.717, 1.165) is 6.20 Å². The maximum absolute atomic E-state index is 12.3. The molecule has 0 amide bonds. The van der Waals surface area contributed by atoms with Gasteiger partial charge in [0, 0.05) is 6.20 Å². The van der Waals surface area contributed by atoms with Gasteiger partial charge in [0.2, 0.25) is 0 Å². The van der Waals surface area contributed by atoms with Crippen molar-refractivity contribution >= 4 is 56.3 Å². The first-order valence-electron chi connectivity index (χ1n) is 5.44. The third-order valence-electron chi connectivity index (χ3n) is 2.46. The van der Waals surface area contributed by atoms with Crippen molar-refractivity contribution in [3.05, 3.63) is 45.5 Å². The van der Waals surface area contributed by atoms with E-state index in [1.807, 2.05) is 0 Å². The number of nitrogens with zero attached hydrogens (tertiary/aromatic N) is 1. The molecule has 0 saturated heterocycles. The predicted molar refractivity (Wildman–Crippen MR) is 84.3 cm³/mol. The van der Waals surface area contributed by atoms with Crippen LogP contribution in [0, 0.1) is 0 Å². The summed E-state index contributed by atoms with van der Waals surface area (Å²) in [7, 11) is -3.91. The van der Waals surface area contributed by atoms with Gasteiger partial charge < -0.3 is 5.43 Å². The highest BCUT2D eigenvalue weighted by atomic mass is 35.5. The van der Waals surface area contributed by atoms with E-state index in [4.69, 9.17) is 40.6 Å². The molecule has 0 bridgehead atoms. The lowest BCUT2D eigenvalue weighted by atomic mass is 10.3. The zero-order valence-corrected chi connectivity index (χ0v) is 13.4. The van der Waals surface area contributed by atoms with E-state index < -0.39 is 10.0 Å². The minimum atomic E-state index is -3.91. The highest BCUT2D eigenvalue weighted by molar-refractivity contribution is 7.92. The lowest BCUT2D eigenvalue weighted by molar-refractivity contribution is 0.601. The van der Waals surface area contributed by atoms with E-state index in [1.54, 1.807) is 12.1 Å². The molecule has 0 atom stereocenters. The molecule has 6 nitrogen and oxygen atoms in total. The first-order valence-corrected chi connectivity index (χ1v) is 8.06. The molecule has 0 aliphatic heterocycles. The summed E-state index contributed by atoms with van der Waals surface area (Å²) in [6, 6.07) is 5.81. The number of hydrazine groups is 1. The van der Waals surface area contributed by atoms with Gasteiger partial charge in [-0.1, -0.05) is 40.9 Å². The van der Waals surface area contributed by atoms with Gasteiger partial charge in [-0.15, -0.1) is 0 Å². The molecule has 1 heterocycles. The molecule has 0 aliphatic rings. The molecular formula is C11H9Cl3N4O2S. The van der Waals surface area contributed by atoms with Gasteiger partial charge in [-0.05, 0) is 18.2 Å². The number of nitrogens with two attached hydrogens (primary N) is 1. The summed E-state index contributed by atoms with van der Waals surface area (Å²) in [4.78, 5) is 3.66. The number of hydrogen-bond donors (Lipinski definition) is 3. The van der Waals surface area contributed by atoms with Crippen molar-refractivity contribution in [2.24, 2.45) is 5.84 Å². The van der Waals surface area contributed by atoms with Gasteiger partial charge in [0.25, 0.3) is 10.0 Å². The maximum Gasteiger partial charge on any atom is 0.263 e. The Morgan fingerprint density at radius 3 is 2.48 bits per heavy atom. The second kappa shape index (κ2) is 6.25. The van der Waals surface area contributed by atoms with E-state index in [2.05, 4.69) is 15.1 Å². The summed E-state index contributed by atoms with van der Waals surface area (Å²) in [5.41, 5.74) is 2.40. The largest absolute Gasteiger partial charge is 0.307 e. The second-order valence-corrected chi connectivity index (χ2v) is 6.73. The van der Waals surface area contributed by atoms with Crippen molar-refractivity contribution in [3.8, 4) is 0 Å². The van der Waals surface area contributed by atoms with E-state index in [0.29, 0.717) is 0 Å². The quantitative estimate of drug-likeness (QED) is 0.570. The van der Waals surface area contributed by atoms with E-state index in [1.165, 1.54) is 12.1 Å². The van der Waals surface area contributed by atoms with E-state index in [-0.39, 0.29) is 31.5 Å². The molecule has 0 unspecified atom stereocenters. The van der Waals surface area contributed by atoms with Gasteiger partial charge in [-0.2, -0.15) is 0 Å². The van der Waals surface area contributed by atoms with Gasteiger partial charge in [0.05, 0.1) is 20.8 Å². The average molecular weight is 368 g/mol. The number of sulfonamides is 1. The van der Waals surface area contributed by atoms with Crippen LogP contribution < -0.4 is 16.0 Å². The third kappa shape index (κ3) is 3.50. The lowest BCUT2D eigenvalue weighted by Gasteiger charge is -2.11. The number of halogens is 3. The minimum absolute atomic E-state index is 0.0672. The monoisotopic (exact) mass is 366 g/mol. The normalized spacial score (nSPS) is 11.2. The van der Waals surface area contributed by atoms with Crippen LogP contribution >= 0.6 is 34.8 Å². The Bertz CT molecular complexity index is 783. The fourth-order valence-electron chi connectivity index (χ4n) is 1.46. The van der Waals surface area contributed by atoms with Gasteiger partial charge in [-0.3, -0.25) is 4.72 Å². The van der Waals surface area contributed by atoms with Crippen LogP contribution in [0.15, 0.2) is 35.4 Å². The zero-order chi connectivity index (χ0) is 15.6. The number of nitrogen functional groups attached to an aromatic ring is 1. The van der Waals surface area contributed by atoms with E-state index in [9.17, 15) is 8.42 Å². The van der Waals surface area contributed by atoms with Crippen LogP contribution in [0.25, 0.3) is 0 Å². The number of benzene rings is 1. The predicted octanol–water partition coefficient (Wildman–Crippen LogP) is 3.13. The Balaban J connectivity index is 2.39. The summed E-state index contributed by atoms with van der Waals surface area (Å²) in [6.45, 7) is 0. The van der Waals surface area contributed by atoms with Crippen molar-refractivity contribution in [1.82, 2.24) is 4.98 Å². The summed E-state index contributed by atoms with van der Waals surface area (Å²) in [5.74, 6) is 5.34. The Hall–Kier alpha value is -1.25. The second-order valence-electron chi connectivity index (χ2n) is 3.85. The highest BCUT2D eigenvalue weighted by Gasteiger charge is 2.18. The van der Waals surface area contributed by atoms with Crippen LogP contribution in [0.1, 0.15) is 0 Å². The number of anilines is 2. The molecule has 1 aromatic carbocycles. The molecule has 1 aromatic heterocycles. The van der Waals surface area contributed by atoms with Gasteiger partial charge >= 0.3 is 0 Å². The SMILES string of the molecule is NNc1ncc(S(=O)(=O)Nc2cccc(Cl)c2Cl)cc1Cl. The number of rotatable bonds is 4. The topological polar surface area (TPSA) is 97.1 Å². The number of aromatic nitrogens is 1. The molecule has 2 aromatic rings. The molecule has 10 heteroatoms. The van der Waals surface area contributed by atoms with Crippen LogP contribution in [0.3, 0.4) is 0 Å². The molecule has 0 saturated carbocycles. The molecule has 0 spiro atoms. The number of nitrogens with one attached hydrogen (secondary N) is 2. The summed E-state index contributed by atoms with van der Waals surface area (Å²) < 4.78 is 26.8. The number of pyridine rings is 1. The molecule has 112 valence electrons. The summed E-state index contributed by atoms with van der Waals surface area (Å²) in [5, 5.41) is 0.398. The van der Waals surface area contributed by atoms with E-state index >= 15 is 0 Å². The standard InChI is InChI=1S/C11H9Cl3N4O2S/c12-7-2-1-3-9(10(7)14)18-21(19,20)6-4-8(13)11(17-15)16-5-6/h1-5,18H,15H2,(H,16,17). The Labute approximate surface area is 136 Å². The number of hydrogen-bond acceptors (Lipinski definition) is 5. The zero-order valence-electron chi connectivity index (χ0n) is 10.3. The molecule has 4 N–H and O–H groups in total. The molecule has 0 fully saturated rings. The first-order chi connectivity index (χ1) is 9.85. The van der Waals surface area contributed by atoms with Crippen molar-refractivity contribution in [2.75, 3.05) is 10.1 Å². The Morgan fingerprint density at radius 1 is 1.14 bits per heavy atom.